The van der Waals surface area contributed by atoms with Crippen molar-refractivity contribution in [3.8, 4) is 0 Å². The third-order valence-electron chi connectivity index (χ3n) is 14.4. The van der Waals surface area contributed by atoms with Gasteiger partial charge >= 0.3 is 0 Å². The summed E-state index contributed by atoms with van der Waals surface area (Å²) < 4.78 is 8.53. The highest BCUT2D eigenvalue weighted by Crippen LogP contribution is 2.20. The van der Waals surface area contributed by atoms with Crippen LogP contribution in [0.15, 0.2) is 67.5 Å². The first-order valence-electron chi connectivity index (χ1n) is 30.3. The average Bonchev–Trinajstić information content (AvgIpc) is 1.70. The predicted molar refractivity (Wildman–Crippen MR) is 356 cm³/mol. The number of hydrogen-bond acceptors (Lipinski definition) is 17. The second-order valence-corrected chi connectivity index (χ2v) is 22.9. The maximum Gasteiger partial charge on any atom is 0.292 e. The van der Waals surface area contributed by atoms with Crippen molar-refractivity contribution in [3.63, 3.8) is 0 Å². The molecule has 0 saturated carbocycles. The lowest BCUT2D eigenvalue weighted by Gasteiger charge is -2.23. The summed E-state index contributed by atoms with van der Waals surface area (Å²) in [6, 6.07) is 9.71. The molecule has 0 bridgehead atoms. The number of halogens is 2. The second kappa shape index (κ2) is 34.5. The summed E-state index contributed by atoms with van der Waals surface area (Å²) >= 11 is 11.9. The van der Waals surface area contributed by atoms with Crippen LogP contribution in [0.1, 0.15) is 115 Å². The minimum atomic E-state index is -0.704. The molecule has 0 aliphatic rings. The van der Waals surface area contributed by atoms with Gasteiger partial charge in [-0.1, -0.05) is 12.1 Å². The monoisotopic (exact) mass is 1350 g/mol. The fraction of sp³-hybridized carbons (Fsp3) is 0.417. The maximum absolute atomic E-state index is 13.4. The normalized spacial score (nSPS) is 11.0. The van der Waals surface area contributed by atoms with Crippen LogP contribution in [-0.4, -0.2) is 187 Å². The Morgan fingerprint density at radius 2 is 0.821 bits per heavy atom. The van der Waals surface area contributed by atoms with E-state index in [0.29, 0.717) is 44.2 Å². The van der Waals surface area contributed by atoms with Crippen LogP contribution < -0.4 is 58.1 Å². The van der Waals surface area contributed by atoms with Gasteiger partial charge in [0.25, 0.3) is 35.4 Å². The molecule has 0 fully saturated rings. The van der Waals surface area contributed by atoms with Gasteiger partial charge in [0.2, 0.25) is 52.8 Å². The lowest BCUT2D eigenvalue weighted by atomic mass is 10.1. The lowest BCUT2D eigenvalue weighted by Crippen LogP contribution is -2.32. The molecule has 0 radical (unpaired) electrons. The third-order valence-corrected chi connectivity index (χ3v) is 14.8. The van der Waals surface area contributed by atoms with Crippen molar-refractivity contribution in [3.05, 3.63) is 108 Å². The Balaban J connectivity index is 0.746. The Morgan fingerprint density at radius 1 is 0.421 bits per heavy atom. The van der Waals surface area contributed by atoms with Crippen molar-refractivity contribution in [2.75, 3.05) is 108 Å². The number of amides is 10. The van der Waals surface area contributed by atoms with Crippen molar-refractivity contribution in [2.24, 2.45) is 42.3 Å². The number of imidazole rings is 5. The molecule has 0 atom stereocenters. The lowest BCUT2D eigenvalue weighted by molar-refractivity contribution is -0.122. The highest BCUT2D eigenvalue weighted by Gasteiger charge is 2.24. The summed E-state index contributed by atoms with van der Waals surface area (Å²) in [5.41, 5.74) is 2.67. The Kier molecular flexibility index (Phi) is 26.1. The van der Waals surface area contributed by atoms with Crippen LogP contribution in [-0.2, 0) is 67.9 Å². The Labute approximate surface area is 556 Å². The van der Waals surface area contributed by atoms with Gasteiger partial charge < -0.3 is 90.4 Å². The quantitative estimate of drug-likeness (QED) is 0.0202. The molecule has 1 aromatic carbocycles. The molecule has 7 rings (SSSR count). The second-order valence-electron chi connectivity index (χ2n) is 22.2. The number of carbonyl (C=O) groups is 10. The van der Waals surface area contributed by atoms with Crippen molar-refractivity contribution in [2.45, 2.75) is 51.9 Å². The van der Waals surface area contributed by atoms with E-state index in [1.54, 1.807) is 35.2 Å². The maximum atomic E-state index is 13.4. The van der Waals surface area contributed by atoms with Gasteiger partial charge in [0, 0.05) is 162 Å². The Morgan fingerprint density at radius 3 is 1.31 bits per heavy atom. The van der Waals surface area contributed by atoms with E-state index in [4.69, 9.17) is 23.2 Å². The largest absolute Gasteiger partial charge is 0.369 e. The molecule has 0 unspecified atom stereocenters. The fourth-order valence-electron chi connectivity index (χ4n) is 9.73. The van der Waals surface area contributed by atoms with E-state index in [-0.39, 0.29) is 107 Å². The number of anilines is 7. The molecule has 33 nitrogen and oxygen atoms in total. The summed E-state index contributed by atoms with van der Waals surface area (Å²) in [4.78, 5) is 154. The van der Waals surface area contributed by atoms with Crippen LogP contribution in [0.5, 0.6) is 0 Å². The topological polar surface area (TPSA) is 392 Å². The van der Waals surface area contributed by atoms with Gasteiger partial charge in [0.15, 0.2) is 29.1 Å². The summed E-state index contributed by atoms with van der Waals surface area (Å²) in [7, 11) is 11.4. The van der Waals surface area contributed by atoms with Crippen molar-refractivity contribution in [1.82, 2.24) is 78.5 Å². The molecule has 0 aliphatic carbocycles. The molecule has 10 N–H and O–H groups in total. The molecule has 10 amide bonds. The van der Waals surface area contributed by atoms with Crippen molar-refractivity contribution in [1.29, 1.82) is 0 Å². The number of carbonyl (C=O) groups excluding carboxylic acids is 10. The highest BCUT2D eigenvalue weighted by atomic mass is 35.5. The van der Waals surface area contributed by atoms with Crippen LogP contribution in [0, 0.1) is 0 Å². The number of nitrogens with zero attached hydrogens (tertiary/aromatic N) is 13. The van der Waals surface area contributed by atoms with Gasteiger partial charge in [-0.15, -0.1) is 23.2 Å². The standard InChI is InChI=1S/C60H79Cl2N23O10/c1-37(86)67-42-32-81(5)52(70-42)58(93)76-45-35-83(7)51(73-45)57(92)68-39-30-41(79(3)31-39)55(90)66-25-18-48(88)64-24-19-49(89)69-43-33-82(6)53(71-43)59(94)77-46-36-84(8)54(74-46)60(95)75-44-34-80(4)50(72-44)56(91)65-23-11-27-78(2)26-10-22-63-47(87)13-9-12-38-14-16-40(17-15-38)85(28-20-61)29-21-62/h14-17,30-36H,9-13,18-29H2,1-8H3,(H,63,87)(H,64,88)(H,65,91)(H,66,90)(H,67,86)(H,68,92)(H,69,89)(H,75,95)(H,76,93)(H,77,94). The number of nitrogens with one attached hydrogen (secondary N) is 10. The van der Waals surface area contributed by atoms with Crippen molar-refractivity contribution >= 4 is 123 Å². The SMILES string of the molecule is CC(=O)Nc1cn(C)c(C(=O)Nc2cn(C)c(C(=O)Nc3cc(C(=O)NCCC(=O)NCCC(=O)Nc4cn(C)c(C(=O)Nc5cn(C)c(C(=O)Nc6cn(C)c(C(=O)NCCCN(C)CCCNC(=O)CCCc7ccc(N(CCCl)CCCl)cc7)n6)n5)n4)n(C)c3)n2)n1. The molecule has 0 aliphatic heterocycles. The van der Waals surface area contributed by atoms with Gasteiger partial charge in [-0.3, -0.25) is 47.9 Å². The Bertz CT molecular complexity index is 3890. The number of aryl methyl sites for hydroxylation is 7. The summed E-state index contributed by atoms with van der Waals surface area (Å²) in [5, 5.41) is 26.7. The fourth-order valence-corrected chi connectivity index (χ4v) is 10.1. The van der Waals surface area contributed by atoms with Gasteiger partial charge in [-0.25, -0.2) is 24.9 Å². The van der Waals surface area contributed by atoms with Gasteiger partial charge in [-0.05, 0) is 69.6 Å². The number of benzene rings is 1. The highest BCUT2D eigenvalue weighted by molar-refractivity contribution is 6.18. The molecule has 35 heteroatoms. The van der Waals surface area contributed by atoms with E-state index in [1.807, 2.05) is 7.05 Å². The van der Waals surface area contributed by atoms with E-state index >= 15 is 0 Å². The van der Waals surface area contributed by atoms with Gasteiger partial charge in [0.05, 0.1) is 5.69 Å². The molecular weight excluding hydrogens is 1270 g/mol. The van der Waals surface area contributed by atoms with Crippen LogP contribution >= 0.6 is 23.2 Å². The summed E-state index contributed by atoms with van der Waals surface area (Å²) in [5.74, 6) is -3.67. The first-order valence-corrected chi connectivity index (χ1v) is 31.3. The molecular formula is C60H79Cl2N23O10. The van der Waals surface area contributed by atoms with E-state index in [0.717, 1.165) is 44.6 Å². The van der Waals surface area contributed by atoms with Crippen LogP contribution in [0.2, 0.25) is 0 Å². The van der Waals surface area contributed by atoms with Crippen molar-refractivity contribution < 1.29 is 47.9 Å². The molecule has 6 heterocycles. The Hall–Kier alpha value is -10.4. The molecule has 0 spiro atoms. The zero-order valence-electron chi connectivity index (χ0n) is 54.0. The van der Waals surface area contributed by atoms with E-state index in [2.05, 4.69) is 112 Å². The van der Waals surface area contributed by atoms with Crippen LogP contribution in [0.3, 0.4) is 0 Å². The minimum absolute atomic E-state index is 0.0128. The number of rotatable bonds is 35. The summed E-state index contributed by atoms with van der Waals surface area (Å²) in [6.45, 7) is 5.05. The molecule has 0 saturated heterocycles. The molecule has 95 heavy (non-hydrogen) atoms. The van der Waals surface area contributed by atoms with E-state index in [1.165, 1.54) is 90.2 Å². The number of alkyl halides is 2. The van der Waals surface area contributed by atoms with E-state index < -0.39 is 47.3 Å². The first kappa shape index (κ1) is 72.0. The number of aromatic nitrogens is 11. The summed E-state index contributed by atoms with van der Waals surface area (Å²) in [6.07, 6.45) is 11.8. The third kappa shape index (κ3) is 21.3. The van der Waals surface area contributed by atoms with Crippen LogP contribution in [0.25, 0.3) is 0 Å². The number of hydrogen-bond donors (Lipinski definition) is 10. The molecule has 7 aromatic rings. The molecule has 508 valence electrons. The van der Waals surface area contributed by atoms with Crippen LogP contribution in [0.4, 0.5) is 40.5 Å². The first-order chi connectivity index (χ1) is 45.4. The smallest absolute Gasteiger partial charge is 0.292 e. The zero-order valence-corrected chi connectivity index (χ0v) is 55.5. The van der Waals surface area contributed by atoms with Gasteiger partial charge in [0.1, 0.15) is 5.69 Å². The van der Waals surface area contributed by atoms with E-state index in [9.17, 15) is 47.9 Å². The minimum Gasteiger partial charge on any atom is -0.369 e. The average molecular weight is 1350 g/mol. The molecule has 6 aromatic heterocycles. The van der Waals surface area contributed by atoms with Gasteiger partial charge in [-0.2, -0.15) is 0 Å². The zero-order chi connectivity index (χ0) is 68.9. The predicted octanol–water partition coefficient (Wildman–Crippen LogP) is 2.79.